The van der Waals surface area contributed by atoms with Gasteiger partial charge in [-0.25, -0.2) is 0 Å². The molecule has 4 rings (SSSR count). The zero-order valence-electron chi connectivity index (χ0n) is 18.7. The summed E-state index contributed by atoms with van der Waals surface area (Å²) in [4.78, 5) is 28.5. The number of nitrogens with zero attached hydrogens (tertiary/aromatic N) is 5. The molecule has 0 spiro atoms. The standard InChI is InChI=1S/C23H28N6O3/c1-24-14-19-12-17(11-18-13-20(32-22(18)19)23(31)27(2)3)16-5-4-8-28(15-16)21(30)6-9-29-10-7-25-26-29/h5,7,10-13,24H,4,6,8-9,14-15H2,1-3H3. The van der Waals surface area contributed by atoms with Gasteiger partial charge in [-0.05, 0) is 42.8 Å². The molecule has 0 bridgehead atoms. The van der Waals surface area contributed by atoms with E-state index in [1.54, 1.807) is 37.2 Å². The molecule has 0 aliphatic carbocycles. The van der Waals surface area contributed by atoms with Crippen LogP contribution in [0.2, 0.25) is 0 Å². The van der Waals surface area contributed by atoms with Crippen molar-refractivity contribution in [2.24, 2.45) is 0 Å². The van der Waals surface area contributed by atoms with Crippen LogP contribution in [0.4, 0.5) is 0 Å². The number of rotatable bonds is 7. The van der Waals surface area contributed by atoms with Gasteiger partial charge in [0, 0.05) is 57.3 Å². The number of hydrogen-bond acceptors (Lipinski definition) is 6. The third-order valence-electron chi connectivity index (χ3n) is 5.58. The molecule has 1 aliphatic heterocycles. The van der Waals surface area contributed by atoms with Crippen molar-refractivity contribution in [3.05, 3.63) is 53.6 Å². The lowest BCUT2D eigenvalue weighted by Gasteiger charge is -2.28. The fourth-order valence-corrected chi connectivity index (χ4v) is 3.94. The van der Waals surface area contributed by atoms with Crippen molar-refractivity contribution in [3.8, 4) is 0 Å². The molecule has 0 fully saturated rings. The quantitative estimate of drug-likeness (QED) is 0.610. The second-order valence-electron chi connectivity index (χ2n) is 8.14. The van der Waals surface area contributed by atoms with Crippen LogP contribution in [0.15, 0.2) is 41.1 Å². The monoisotopic (exact) mass is 436 g/mol. The maximum Gasteiger partial charge on any atom is 0.289 e. The van der Waals surface area contributed by atoms with Crippen molar-refractivity contribution in [3.63, 3.8) is 0 Å². The number of aryl methyl sites for hydroxylation is 1. The maximum absolute atomic E-state index is 12.8. The normalized spacial score (nSPS) is 14.0. The van der Waals surface area contributed by atoms with E-state index in [-0.39, 0.29) is 11.8 Å². The summed E-state index contributed by atoms with van der Waals surface area (Å²) in [6, 6.07) is 5.92. The van der Waals surface area contributed by atoms with Gasteiger partial charge in [-0.1, -0.05) is 11.3 Å². The van der Waals surface area contributed by atoms with Crippen molar-refractivity contribution in [1.82, 2.24) is 30.1 Å². The summed E-state index contributed by atoms with van der Waals surface area (Å²) in [5, 5.41) is 11.8. The van der Waals surface area contributed by atoms with Crippen LogP contribution < -0.4 is 5.32 Å². The van der Waals surface area contributed by atoms with E-state index in [1.807, 2.05) is 18.0 Å². The highest BCUT2D eigenvalue weighted by molar-refractivity contribution is 5.97. The van der Waals surface area contributed by atoms with Crippen LogP contribution >= 0.6 is 0 Å². The SMILES string of the molecule is CNCc1cc(C2=CCCN(C(=O)CCn3ccnn3)C2)cc2cc(C(=O)N(C)C)oc12. The average Bonchev–Trinajstić information content (AvgIpc) is 3.47. The third kappa shape index (κ3) is 4.57. The van der Waals surface area contributed by atoms with E-state index in [9.17, 15) is 9.59 Å². The molecule has 9 nitrogen and oxygen atoms in total. The molecule has 1 aliphatic rings. The second-order valence-corrected chi connectivity index (χ2v) is 8.14. The summed E-state index contributed by atoms with van der Waals surface area (Å²) < 4.78 is 7.58. The van der Waals surface area contributed by atoms with E-state index in [2.05, 4.69) is 27.8 Å². The minimum atomic E-state index is -0.167. The third-order valence-corrected chi connectivity index (χ3v) is 5.58. The molecular formula is C23H28N6O3. The van der Waals surface area contributed by atoms with Crippen molar-refractivity contribution in [1.29, 1.82) is 0 Å². The first-order chi connectivity index (χ1) is 15.5. The number of amides is 2. The van der Waals surface area contributed by atoms with Crippen LogP contribution in [0.1, 0.15) is 34.5 Å². The molecule has 2 amide bonds. The Morgan fingerprint density at radius 2 is 2.09 bits per heavy atom. The van der Waals surface area contributed by atoms with Crippen molar-refractivity contribution in [2.45, 2.75) is 25.9 Å². The molecule has 1 N–H and O–H groups in total. The van der Waals surface area contributed by atoms with E-state index in [0.29, 0.717) is 43.9 Å². The van der Waals surface area contributed by atoms with Crippen LogP contribution in [0.3, 0.4) is 0 Å². The number of fused-ring (bicyclic) bond motifs is 1. The minimum absolute atomic E-state index is 0.102. The largest absolute Gasteiger partial charge is 0.451 e. The first kappa shape index (κ1) is 21.8. The Bertz CT molecular complexity index is 1150. The molecule has 3 heterocycles. The van der Waals surface area contributed by atoms with E-state index >= 15 is 0 Å². The Kier molecular flexibility index (Phi) is 6.36. The van der Waals surface area contributed by atoms with Gasteiger partial charge < -0.3 is 19.5 Å². The van der Waals surface area contributed by atoms with E-state index < -0.39 is 0 Å². The van der Waals surface area contributed by atoms with Crippen LogP contribution in [0.5, 0.6) is 0 Å². The van der Waals surface area contributed by atoms with Gasteiger partial charge in [0.1, 0.15) is 5.58 Å². The van der Waals surface area contributed by atoms with Gasteiger partial charge in [0.15, 0.2) is 5.76 Å². The summed E-state index contributed by atoms with van der Waals surface area (Å²) >= 11 is 0. The second kappa shape index (κ2) is 9.35. The Labute approximate surface area is 186 Å². The Hall–Kier alpha value is -3.46. The molecular weight excluding hydrogens is 408 g/mol. The summed E-state index contributed by atoms with van der Waals surface area (Å²) in [6.45, 7) is 2.40. The molecule has 0 unspecified atom stereocenters. The number of carbonyl (C=O) groups excluding carboxylic acids is 2. The number of hydrogen-bond donors (Lipinski definition) is 1. The minimum Gasteiger partial charge on any atom is -0.451 e. The van der Waals surface area contributed by atoms with Crippen molar-refractivity contribution in [2.75, 3.05) is 34.2 Å². The fraction of sp³-hybridized carbons (Fsp3) is 0.391. The van der Waals surface area contributed by atoms with Gasteiger partial charge in [0.25, 0.3) is 5.91 Å². The lowest BCUT2D eigenvalue weighted by atomic mass is 9.97. The number of furan rings is 1. The highest BCUT2D eigenvalue weighted by atomic mass is 16.3. The van der Waals surface area contributed by atoms with Gasteiger partial charge in [-0.15, -0.1) is 5.10 Å². The van der Waals surface area contributed by atoms with Crippen LogP contribution in [0, 0.1) is 0 Å². The number of nitrogens with one attached hydrogen (secondary N) is 1. The van der Waals surface area contributed by atoms with Crippen molar-refractivity contribution >= 4 is 28.4 Å². The Morgan fingerprint density at radius 1 is 1.25 bits per heavy atom. The zero-order chi connectivity index (χ0) is 22.7. The molecule has 1 aromatic carbocycles. The van der Waals surface area contributed by atoms with Crippen LogP contribution in [-0.4, -0.2) is 70.8 Å². The summed E-state index contributed by atoms with van der Waals surface area (Å²) in [6.07, 6.45) is 6.75. The number of benzene rings is 1. The molecule has 0 atom stereocenters. The van der Waals surface area contributed by atoms with E-state index in [4.69, 9.17) is 4.42 Å². The van der Waals surface area contributed by atoms with Gasteiger partial charge in [0.2, 0.25) is 5.91 Å². The summed E-state index contributed by atoms with van der Waals surface area (Å²) in [5.41, 5.74) is 3.84. The summed E-state index contributed by atoms with van der Waals surface area (Å²) in [5.74, 6) is 0.256. The van der Waals surface area contributed by atoms with Gasteiger partial charge >= 0.3 is 0 Å². The topological polar surface area (TPSA) is 96.5 Å². The smallest absolute Gasteiger partial charge is 0.289 e. The fourth-order valence-electron chi connectivity index (χ4n) is 3.94. The number of aromatic nitrogens is 3. The van der Waals surface area contributed by atoms with Crippen molar-refractivity contribution < 1.29 is 14.0 Å². The molecule has 3 aromatic rings. The summed E-state index contributed by atoms with van der Waals surface area (Å²) in [7, 11) is 5.29. The predicted octanol–water partition coefficient (Wildman–Crippen LogP) is 2.15. The first-order valence-corrected chi connectivity index (χ1v) is 10.7. The van der Waals surface area contributed by atoms with E-state index in [0.717, 1.165) is 28.5 Å². The predicted molar refractivity (Wildman–Crippen MR) is 121 cm³/mol. The highest BCUT2D eigenvalue weighted by Crippen LogP contribution is 2.30. The van der Waals surface area contributed by atoms with Crippen LogP contribution in [0.25, 0.3) is 16.5 Å². The maximum atomic E-state index is 12.8. The Morgan fingerprint density at radius 3 is 2.81 bits per heavy atom. The van der Waals surface area contributed by atoms with Gasteiger partial charge in [-0.3, -0.25) is 14.3 Å². The molecule has 0 radical (unpaired) electrons. The molecule has 168 valence electrons. The lowest BCUT2D eigenvalue weighted by Crippen LogP contribution is -2.36. The molecule has 9 heteroatoms. The number of carbonyl (C=O) groups is 2. The lowest BCUT2D eigenvalue weighted by molar-refractivity contribution is -0.131. The van der Waals surface area contributed by atoms with Gasteiger partial charge in [0.05, 0.1) is 12.7 Å². The highest BCUT2D eigenvalue weighted by Gasteiger charge is 2.22. The van der Waals surface area contributed by atoms with E-state index in [1.165, 1.54) is 4.90 Å². The van der Waals surface area contributed by atoms with Crippen LogP contribution in [-0.2, 0) is 17.9 Å². The molecule has 2 aromatic heterocycles. The molecule has 0 saturated carbocycles. The Balaban J connectivity index is 1.57. The van der Waals surface area contributed by atoms with Gasteiger partial charge in [-0.2, -0.15) is 0 Å². The molecule has 32 heavy (non-hydrogen) atoms. The first-order valence-electron chi connectivity index (χ1n) is 10.7. The average molecular weight is 437 g/mol. The molecule has 0 saturated heterocycles. The zero-order valence-corrected chi connectivity index (χ0v) is 18.7.